The van der Waals surface area contributed by atoms with Gasteiger partial charge in [0.15, 0.2) is 0 Å². The lowest BCUT2D eigenvalue weighted by molar-refractivity contribution is 1.28. The van der Waals surface area contributed by atoms with Crippen molar-refractivity contribution in [2.75, 3.05) is 9.80 Å². The zero-order chi connectivity index (χ0) is 42.0. The number of hydrogen-bond donors (Lipinski definition) is 0. The van der Waals surface area contributed by atoms with Crippen molar-refractivity contribution in [1.82, 2.24) is 0 Å². The molecule has 2 nitrogen and oxygen atoms in total. The Hall–Kier alpha value is -7.98. The van der Waals surface area contributed by atoms with E-state index in [4.69, 9.17) is 0 Å². The number of benzene rings is 10. The molecule has 11 aromatic rings. The molecule has 0 aliphatic heterocycles. The van der Waals surface area contributed by atoms with Crippen molar-refractivity contribution in [3.8, 4) is 44.5 Å². The molecule has 0 aliphatic carbocycles. The lowest BCUT2D eigenvalue weighted by Gasteiger charge is -2.28. The fourth-order valence-electron chi connectivity index (χ4n) is 8.80. The zero-order valence-electron chi connectivity index (χ0n) is 34.6. The first-order valence-electron chi connectivity index (χ1n) is 21.4. The van der Waals surface area contributed by atoms with Crippen molar-refractivity contribution >= 4 is 65.6 Å². The van der Waals surface area contributed by atoms with Crippen LogP contribution in [-0.2, 0) is 0 Å². The second kappa shape index (κ2) is 16.8. The van der Waals surface area contributed by atoms with E-state index in [0.717, 1.165) is 45.3 Å². The second-order valence-corrected chi connectivity index (χ2v) is 16.8. The summed E-state index contributed by atoms with van der Waals surface area (Å²) in [5.41, 5.74) is 16.0. The van der Waals surface area contributed by atoms with Crippen LogP contribution in [0.25, 0.3) is 64.7 Å². The number of hydrogen-bond acceptors (Lipinski definition) is 3. The van der Waals surface area contributed by atoms with Crippen molar-refractivity contribution in [2.45, 2.75) is 0 Å². The van der Waals surface area contributed by atoms with Gasteiger partial charge in [0, 0.05) is 43.9 Å². The molecule has 1 heterocycles. The minimum atomic E-state index is 1.08. The standard InChI is InChI=1S/C60H42N2S/c1-4-18-43(19-5-1)46-24-12-29-51(38-46)61(52-30-13-25-47(39-52)44-20-6-2-7-21-44)53-31-15-27-49(41-53)50-28-16-33-55(42-50)62(54-32-14-26-48(40-54)45-22-8-3-9-23-45)58-36-17-35-57-56-34-10-11-37-59(56)63-60(57)58/h1-42H. The summed E-state index contributed by atoms with van der Waals surface area (Å²) in [6, 6.07) is 92.0. The van der Waals surface area contributed by atoms with Gasteiger partial charge in [-0.1, -0.05) is 182 Å². The maximum absolute atomic E-state index is 2.44. The summed E-state index contributed by atoms with van der Waals surface area (Å²) in [5.74, 6) is 0. The van der Waals surface area contributed by atoms with E-state index in [9.17, 15) is 0 Å². The van der Waals surface area contributed by atoms with E-state index in [1.54, 1.807) is 0 Å². The Bertz CT molecular complexity index is 3270. The van der Waals surface area contributed by atoms with Gasteiger partial charge in [-0.25, -0.2) is 0 Å². The van der Waals surface area contributed by atoms with Crippen molar-refractivity contribution in [2.24, 2.45) is 0 Å². The molecule has 0 N–H and O–H groups in total. The first kappa shape index (κ1) is 38.0. The van der Waals surface area contributed by atoms with Gasteiger partial charge >= 0.3 is 0 Å². The minimum absolute atomic E-state index is 1.08. The van der Waals surface area contributed by atoms with Gasteiger partial charge in [-0.05, 0) is 117 Å². The third-order valence-electron chi connectivity index (χ3n) is 11.8. The van der Waals surface area contributed by atoms with Crippen LogP contribution in [0.3, 0.4) is 0 Å². The third-order valence-corrected chi connectivity index (χ3v) is 13.0. The molecule has 0 radical (unpaired) electrons. The molecular formula is C60H42N2S. The zero-order valence-corrected chi connectivity index (χ0v) is 35.4. The molecule has 1 aromatic heterocycles. The van der Waals surface area contributed by atoms with Crippen molar-refractivity contribution in [3.63, 3.8) is 0 Å². The summed E-state index contributed by atoms with van der Waals surface area (Å²) in [6.07, 6.45) is 0. The van der Waals surface area contributed by atoms with E-state index >= 15 is 0 Å². The number of thiophene rings is 1. The van der Waals surface area contributed by atoms with Crippen molar-refractivity contribution in [3.05, 3.63) is 255 Å². The monoisotopic (exact) mass is 822 g/mol. The fourth-order valence-corrected chi connectivity index (χ4v) is 10.0. The molecule has 0 spiro atoms. The van der Waals surface area contributed by atoms with Crippen molar-refractivity contribution in [1.29, 1.82) is 0 Å². The average Bonchev–Trinajstić information content (AvgIpc) is 3.75. The Kier molecular flexibility index (Phi) is 10.1. The molecule has 10 aromatic carbocycles. The highest BCUT2D eigenvalue weighted by Crippen LogP contribution is 2.46. The number of fused-ring (bicyclic) bond motifs is 3. The van der Waals surface area contributed by atoms with Gasteiger partial charge < -0.3 is 9.80 Å². The Morgan fingerprint density at radius 2 is 0.556 bits per heavy atom. The predicted molar refractivity (Wildman–Crippen MR) is 270 cm³/mol. The summed E-state index contributed by atoms with van der Waals surface area (Å²) in [6.45, 7) is 0. The van der Waals surface area contributed by atoms with E-state index in [2.05, 4.69) is 265 Å². The topological polar surface area (TPSA) is 6.48 Å². The highest BCUT2D eigenvalue weighted by Gasteiger charge is 2.20. The van der Waals surface area contributed by atoms with Crippen LogP contribution in [0.5, 0.6) is 0 Å². The van der Waals surface area contributed by atoms with Crippen LogP contribution in [0.1, 0.15) is 0 Å². The van der Waals surface area contributed by atoms with E-state index in [1.165, 1.54) is 53.6 Å². The highest BCUT2D eigenvalue weighted by atomic mass is 32.1. The SMILES string of the molecule is c1ccc(-c2cccc(N(c3cccc(-c4ccccc4)c3)c3cccc(-c4cccc(N(c5cccc(-c6ccccc6)c5)c5cccc6c5sc5ccccc56)c4)c3)c2)cc1. The van der Waals surface area contributed by atoms with Gasteiger partial charge in [-0.3, -0.25) is 0 Å². The molecule has 3 heteroatoms. The summed E-state index contributed by atoms with van der Waals surface area (Å²) in [7, 11) is 0. The smallest absolute Gasteiger partial charge is 0.0640 e. The van der Waals surface area contributed by atoms with Gasteiger partial charge in [0.25, 0.3) is 0 Å². The molecule has 0 bridgehead atoms. The Labute approximate surface area is 372 Å². The minimum Gasteiger partial charge on any atom is -0.310 e. The van der Waals surface area contributed by atoms with Crippen LogP contribution in [0, 0.1) is 0 Å². The second-order valence-electron chi connectivity index (χ2n) is 15.8. The molecule has 0 unspecified atom stereocenters. The van der Waals surface area contributed by atoms with E-state index in [0.29, 0.717) is 0 Å². The largest absolute Gasteiger partial charge is 0.310 e. The number of anilines is 6. The number of nitrogens with zero attached hydrogens (tertiary/aromatic N) is 2. The molecule has 11 rings (SSSR count). The molecule has 0 fully saturated rings. The van der Waals surface area contributed by atoms with E-state index in [-0.39, 0.29) is 0 Å². The van der Waals surface area contributed by atoms with Crippen molar-refractivity contribution < 1.29 is 0 Å². The summed E-state index contributed by atoms with van der Waals surface area (Å²) < 4.78 is 2.55. The molecule has 0 amide bonds. The van der Waals surface area contributed by atoms with E-state index < -0.39 is 0 Å². The van der Waals surface area contributed by atoms with Crippen LogP contribution < -0.4 is 9.80 Å². The summed E-state index contributed by atoms with van der Waals surface area (Å²) in [4.78, 5) is 4.82. The quantitative estimate of drug-likeness (QED) is 0.136. The molecular weight excluding hydrogens is 781 g/mol. The lowest BCUT2D eigenvalue weighted by Crippen LogP contribution is -2.11. The summed E-state index contributed by atoms with van der Waals surface area (Å²) in [5, 5.41) is 2.56. The van der Waals surface area contributed by atoms with Crippen LogP contribution in [0.4, 0.5) is 34.1 Å². The van der Waals surface area contributed by atoms with Crippen LogP contribution in [0.15, 0.2) is 255 Å². The Balaban J connectivity index is 1.05. The fraction of sp³-hybridized carbons (Fsp3) is 0. The summed E-state index contributed by atoms with van der Waals surface area (Å²) >= 11 is 1.86. The first-order valence-corrected chi connectivity index (χ1v) is 22.2. The maximum Gasteiger partial charge on any atom is 0.0640 e. The van der Waals surface area contributed by atoms with Crippen LogP contribution in [-0.4, -0.2) is 0 Å². The highest BCUT2D eigenvalue weighted by molar-refractivity contribution is 7.26. The van der Waals surface area contributed by atoms with E-state index in [1.807, 2.05) is 11.3 Å². The van der Waals surface area contributed by atoms with Gasteiger partial charge in [-0.15, -0.1) is 11.3 Å². The van der Waals surface area contributed by atoms with Gasteiger partial charge in [0.05, 0.1) is 10.4 Å². The Morgan fingerprint density at radius 3 is 0.984 bits per heavy atom. The maximum atomic E-state index is 2.44. The molecule has 0 saturated carbocycles. The molecule has 0 atom stereocenters. The van der Waals surface area contributed by atoms with Gasteiger partial charge in [0.1, 0.15) is 0 Å². The van der Waals surface area contributed by atoms with Crippen LogP contribution in [0.2, 0.25) is 0 Å². The predicted octanol–water partition coefficient (Wildman–Crippen LogP) is 17.7. The average molecular weight is 823 g/mol. The normalized spacial score (nSPS) is 11.2. The molecule has 0 aliphatic rings. The number of rotatable bonds is 10. The Morgan fingerprint density at radius 1 is 0.238 bits per heavy atom. The molecule has 298 valence electrons. The molecule has 63 heavy (non-hydrogen) atoms. The lowest BCUT2D eigenvalue weighted by atomic mass is 10.0. The van der Waals surface area contributed by atoms with Gasteiger partial charge in [-0.2, -0.15) is 0 Å². The molecule has 0 saturated heterocycles. The van der Waals surface area contributed by atoms with Gasteiger partial charge in [0.2, 0.25) is 0 Å². The third kappa shape index (κ3) is 7.56. The van der Waals surface area contributed by atoms with Crippen LogP contribution >= 0.6 is 11.3 Å². The first-order chi connectivity index (χ1) is 31.2.